The fraction of sp³-hybridized carbons (Fsp3) is 0.167. The van der Waals surface area contributed by atoms with Crippen molar-refractivity contribution in [2.24, 2.45) is 0 Å². The van der Waals surface area contributed by atoms with Crippen molar-refractivity contribution in [1.82, 2.24) is 14.9 Å². The number of hydrogen-bond donors (Lipinski definition) is 0. The number of fused-ring (bicyclic) bond motifs is 1. The molecule has 22 heavy (non-hydrogen) atoms. The van der Waals surface area contributed by atoms with Crippen LogP contribution >= 0.6 is 0 Å². The second-order valence-corrected chi connectivity index (χ2v) is 5.46. The van der Waals surface area contributed by atoms with E-state index in [1.54, 1.807) is 31.4 Å². The highest BCUT2D eigenvalue weighted by Crippen LogP contribution is 2.28. The minimum Gasteiger partial charge on any atom is -0.345 e. The average Bonchev–Trinajstić information content (AvgIpc) is 2.55. The first kappa shape index (κ1) is 14.2. The number of hydrogen-bond acceptors (Lipinski definition) is 3. The van der Waals surface area contributed by atoms with Gasteiger partial charge in [0.15, 0.2) is 0 Å². The lowest BCUT2D eigenvalue weighted by Gasteiger charge is -2.11. The van der Waals surface area contributed by atoms with Crippen LogP contribution in [0.15, 0.2) is 48.8 Å². The van der Waals surface area contributed by atoms with Crippen LogP contribution < -0.4 is 0 Å². The van der Waals surface area contributed by atoms with Gasteiger partial charge in [0.05, 0.1) is 16.8 Å². The number of aryl methyl sites for hydroxylation is 1. The molecule has 1 amide bonds. The standard InChI is InChI=1S/C18H17N3O/c1-12-6-8-14(15-5-4-10-19-17(12)15)16-9-7-13(11-20-16)18(22)21(2)3/h4-11H,1-3H3. The molecule has 3 aromatic rings. The Morgan fingerprint density at radius 1 is 1.05 bits per heavy atom. The molecule has 0 fully saturated rings. The van der Waals surface area contributed by atoms with E-state index in [0.29, 0.717) is 5.56 Å². The molecule has 0 radical (unpaired) electrons. The molecular formula is C18H17N3O. The van der Waals surface area contributed by atoms with Gasteiger partial charge in [-0.1, -0.05) is 18.2 Å². The fourth-order valence-corrected chi connectivity index (χ4v) is 2.48. The van der Waals surface area contributed by atoms with Crippen molar-refractivity contribution in [3.8, 4) is 11.3 Å². The summed E-state index contributed by atoms with van der Waals surface area (Å²) in [7, 11) is 3.46. The maximum absolute atomic E-state index is 11.9. The lowest BCUT2D eigenvalue weighted by atomic mass is 10.0. The molecule has 0 aliphatic rings. The van der Waals surface area contributed by atoms with E-state index in [4.69, 9.17) is 0 Å². The molecule has 0 bridgehead atoms. The van der Waals surface area contributed by atoms with Gasteiger partial charge in [-0.05, 0) is 30.7 Å². The van der Waals surface area contributed by atoms with Crippen LogP contribution in [0, 0.1) is 6.92 Å². The summed E-state index contributed by atoms with van der Waals surface area (Å²) in [6.07, 6.45) is 3.42. The third-order valence-corrected chi connectivity index (χ3v) is 3.66. The summed E-state index contributed by atoms with van der Waals surface area (Å²) in [4.78, 5) is 22.4. The quantitative estimate of drug-likeness (QED) is 0.727. The van der Waals surface area contributed by atoms with E-state index in [2.05, 4.69) is 16.0 Å². The molecule has 4 heteroatoms. The Morgan fingerprint density at radius 2 is 1.86 bits per heavy atom. The van der Waals surface area contributed by atoms with Gasteiger partial charge in [0.2, 0.25) is 0 Å². The van der Waals surface area contributed by atoms with Crippen LogP contribution in [-0.4, -0.2) is 34.9 Å². The minimum atomic E-state index is -0.0468. The topological polar surface area (TPSA) is 46.1 Å². The summed E-state index contributed by atoms with van der Waals surface area (Å²) in [6, 6.07) is 11.8. The van der Waals surface area contributed by atoms with E-state index < -0.39 is 0 Å². The normalized spacial score (nSPS) is 10.7. The number of rotatable bonds is 2. The summed E-state index contributed by atoms with van der Waals surface area (Å²) in [5.74, 6) is -0.0468. The van der Waals surface area contributed by atoms with E-state index in [1.165, 1.54) is 0 Å². The summed E-state index contributed by atoms with van der Waals surface area (Å²) < 4.78 is 0. The van der Waals surface area contributed by atoms with Gasteiger partial charge in [-0.25, -0.2) is 0 Å². The molecule has 0 saturated heterocycles. The van der Waals surface area contributed by atoms with E-state index in [9.17, 15) is 4.79 Å². The number of carbonyl (C=O) groups is 1. The lowest BCUT2D eigenvalue weighted by molar-refractivity contribution is 0.0827. The number of carbonyl (C=O) groups excluding carboxylic acids is 1. The molecule has 2 aromatic heterocycles. The third-order valence-electron chi connectivity index (χ3n) is 3.66. The number of aromatic nitrogens is 2. The predicted octanol–water partition coefficient (Wildman–Crippen LogP) is 3.31. The number of benzene rings is 1. The molecule has 3 rings (SSSR count). The summed E-state index contributed by atoms with van der Waals surface area (Å²) in [5, 5.41) is 1.07. The van der Waals surface area contributed by atoms with Gasteiger partial charge in [0.25, 0.3) is 5.91 Å². The summed E-state index contributed by atoms with van der Waals surface area (Å²) in [6.45, 7) is 2.05. The van der Waals surface area contributed by atoms with Gasteiger partial charge in [-0.3, -0.25) is 14.8 Å². The van der Waals surface area contributed by atoms with Crippen molar-refractivity contribution < 1.29 is 4.79 Å². The molecule has 0 atom stereocenters. The predicted molar refractivity (Wildman–Crippen MR) is 87.7 cm³/mol. The zero-order chi connectivity index (χ0) is 15.7. The van der Waals surface area contributed by atoms with E-state index in [1.807, 2.05) is 37.3 Å². The zero-order valence-electron chi connectivity index (χ0n) is 12.9. The first-order valence-corrected chi connectivity index (χ1v) is 7.10. The smallest absolute Gasteiger partial charge is 0.254 e. The first-order chi connectivity index (χ1) is 10.6. The average molecular weight is 291 g/mol. The van der Waals surface area contributed by atoms with Crippen LogP contribution in [0.4, 0.5) is 0 Å². The highest BCUT2D eigenvalue weighted by atomic mass is 16.2. The molecule has 0 aliphatic carbocycles. The fourth-order valence-electron chi connectivity index (χ4n) is 2.48. The van der Waals surface area contributed by atoms with Crippen LogP contribution in [0.1, 0.15) is 15.9 Å². The molecule has 0 spiro atoms. The maximum Gasteiger partial charge on any atom is 0.254 e. The van der Waals surface area contributed by atoms with Crippen molar-refractivity contribution >= 4 is 16.8 Å². The van der Waals surface area contributed by atoms with Crippen LogP contribution in [0.2, 0.25) is 0 Å². The number of pyridine rings is 2. The molecule has 0 saturated carbocycles. The van der Waals surface area contributed by atoms with Gasteiger partial charge >= 0.3 is 0 Å². The van der Waals surface area contributed by atoms with Gasteiger partial charge in [0.1, 0.15) is 0 Å². The van der Waals surface area contributed by atoms with Crippen LogP contribution in [0.5, 0.6) is 0 Å². The molecule has 110 valence electrons. The molecule has 0 N–H and O–H groups in total. The summed E-state index contributed by atoms with van der Waals surface area (Å²) in [5.41, 5.74) is 4.57. The molecule has 1 aromatic carbocycles. The minimum absolute atomic E-state index is 0.0468. The Hall–Kier alpha value is -2.75. The van der Waals surface area contributed by atoms with Gasteiger partial charge in [-0.15, -0.1) is 0 Å². The van der Waals surface area contributed by atoms with Crippen LogP contribution in [0.3, 0.4) is 0 Å². The molecule has 4 nitrogen and oxygen atoms in total. The van der Waals surface area contributed by atoms with Crippen molar-refractivity contribution in [3.63, 3.8) is 0 Å². The van der Waals surface area contributed by atoms with Crippen molar-refractivity contribution in [2.75, 3.05) is 14.1 Å². The molecule has 2 heterocycles. The monoisotopic (exact) mass is 291 g/mol. The lowest BCUT2D eigenvalue weighted by Crippen LogP contribution is -2.21. The second kappa shape index (κ2) is 5.56. The SMILES string of the molecule is Cc1ccc(-c2ccc(C(=O)N(C)C)cn2)c2cccnc12. The molecule has 0 aliphatic heterocycles. The van der Waals surface area contributed by atoms with E-state index in [0.717, 1.165) is 27.7 Å². The number of nitrogens with zero attached hydrogens (tertiary/aromatic N) is 3. The number of amides is 1. The molecule has 0 unspecified atom stereocenters. The highest BCUT2D eigenvalue weighted by Gasteiger charge is 2.11. The second-order valence-electron chi connectivity index (χ2n) is 5.46. The van der Waals surface area contributed by atoms with Crippen LogP contribution in [0.25, 0.3) is 22.2 Å². The Labute approximate surface area is 129 Å². The highest BCUT2D eigenvalue weighted by molar-refractivity contribution is 5.96. The first-order valence-electron chi connectivity index (χ1n) is 7.10. The Balaban J connectivity index is 2.09. The van der Waals surface area contributed by atoms with Gasteiger partial charge < -0.3 is 4.90 Å². The van der Waals surface area contributed by atoms with Gasteiger partial charge in [0, 0.05) is 37.4 Å². The Bertz CT molecular complexity index is 839. The van der Waals surface area contributed by atoms with E-state index >= 15 is 0 Å². The Morgan fingerprint density at radius 3 is 2.55 bits per heavy atom. The van der Waals surface area contributed by atoms with Crippen molar-refractivity contribution in [2.45, 2.75) is 6.92 Å². The Kier molecular flexibility index (Phi) is 3.59. The third kappa shape index (κ3) is 2.44. The maximum atomic E-state index is 11.9. The van der Waals surface area contributed by atoms with Crippen molar-refractivity contribution in [1.29, 1.82) is 0 Å². The van der Waals surface area contributed by atoms with Crippen LogP contribution in [-0.2, 0) is 0 Å². The zero-order valence-corrected chi connectivity index (χ0v) is 12.9. The largest absolute Gasteiger partial charge is 0.345 e. The van der Waals surface area contributed by atoms with E-state index in [-0.39, 0.29) is 5.91 Å². The van der Waals surface area contributed by atoms with Gasteiger partial charge in [-0.2, -0.15) is 0 Å². The molecular weight excluding hydrogens is 274 g/mol. The summed E-state index contributed by atoms with van der Waals surface area (Å²) >= 11 is 0. The van der Waals surface area contributed by atoms with Crippen molar-refractivity contribution in [3.05, 3.63) is 59.9 Å².